The van der Waals surface area contributed by atoms with Gasteiger partial charge in [-0.05, 0) is 6.42 Å². The van der Waals surface area contributed by atoms with E-state index >= 15 is 0 Å². The average molecular weight is 285 g/mol. The molecule has 2 amide bonds. The van der Waals surface area contributed by atoms with Gasteiger partial charge in [0.25, 0.3) is 0 Å². The highest BCUT2D eigenvalue weighted by Gasteiger charge is 2.12. The molecule has 0 fully saturated rings. The molecule has 0 aromatic carbocycles. The lowest BCUT2D eigenvalue weighted by Crippen LogP contribution is -2.39. The van der Waals surface area contributed by atoms with Gasteiger partial charge in [0.15, 0.2) is 0 Å². The van der Waals surface area contributed by atoms with E-state index in [0.29, 0.717) is 19.5 Å². The zero-order chi connectivity index (χ0) is 14.3. The van der Waals surface area contributed by atoms with Gasteiger partial charge in [-0.15, -0.1) is 11.3 Å². The highest BCUT2D eigenvalue weighted by molar-refractivity contribution is 7.09. The Balaban J connectivity index is 2.24. The van der Waals surface area contributed by atoms with E-state index in [1.807, 2.05) is 12.3 Å². The van der Waals surface area contributed by atoms with Gasteiger partial charge >= 0.3 is 12.0 Å². The summed E-state index contributed by atoms with van der Waals surface area (Å²) in [5, 5.41) is 14.2. The van der Waals surface area contributed by atoms with Crippen molar-refractivity contribution in [2.45, 2.75) is 25.7 Å². The summed E-state index contributed by atoms with van der Waals surface area (Å²) in [5.41, 5.74) is 0. The van der Waals surface area contributed by atoms with E-state index in [1.54, 1.807) is 24.6 Å². The minimum Gasteiger partial charge on any atom is -0.481 e. The molecule has 2 N–H and O–H groups in total. The number of aliphatic carboxylic acids is 1. The second-order valence-electron chi connectivity index (χ2n) is 4.38. The van der Waals surface area contributed by atoms with Crippen LogP contribution < -0.4 is 5.32 Å². The topological polar surface area (TPSA) is 82.5 Å². The van der Waals surface area contributed by atoms with Crippen molar-refractivity contribution in [3.05, 3.63) is 16.6 Å². The van der Waals surface area contributed by atoms with Crippen LogP contribution in [0.2, 0.25) is 0 Å². The van der Waals surface area contributed by atoms with Crippen molar-refractivity contribution >= 4 is 23.3 Å². The summed E-state index contributed by atoms with van der Waals surface area (Å²) in [6, 6.07) is -0.186. The maximum atomic E-state index is 11.7. The Labute approximate surface area is 116 Å². The van der Waals surface area contributed by atoms with Crippen molar-refractivity contribution in [2.75, 3.05) is 20.1 Å². The van der Waals surface area contributed by atoms with Gasteiger partial charge < -0.3 is 15.3 Å². The Bertz CT molecular complexity index is 408. The molecule has 1 unspecified atom stereocenters. The van der Waals surface area contributed by atoms with Crippen LogP contribution in [0.3, 0.4) is 0 Å². The normalized spacial score (nSPS) is 11.9. The van der Waals surface area contributed by atoms with E-state index in [4.69, 9.17) is 5.11 Å². The quantitative estimate of drug-likeness (QED) is 0.799. The maximum Gasteiger partial charge on any atom is 0.317 e. The van der Waals surface area contributed by atoms with Crippen molar-refractivity contribution in [3.8, 4) is 0 Å². The van der Waals surface area contributed by atoms with Crippen LogP contribution in [-0.2, 0) is 4.79 Å². The summed E-state index contributed by atoms with van der Waals surface area (Å²) in [6.45, 7) is 2.96. The van der Waals surface area contributed by atoms with Crippen LogP contribution in [0.1, 0.15) is 30.7 Å². The Hall–Kier alpha value is -1.63. The third-order valence-electron chi connectivity index (χ3n) is 2.66. The lowest BCUT2D eigenvalue weighted by atomic mass is 10.2. The zero-order valence-electron chi connectivity index (χ0n) is 11.1. The number of carboxylic acids is 1. The van der Waals surface area contributed by atoms with Gasteiger partial charge in [-0.2, -0.15) is 0 Å². The molecule has 0 spiro atoms. The Morgan fingerprint density at radius 1 is 1.58 bits per heavy atom. The summed E-state index contributed by atoms with van der Waals surface area (Å²) in [5.74, 6) is -0.664. The van der Waals surface area contributed by atoms with Crippen LogP contribution in [0, 0.1) is 0 Å². The SMILES string of the molecule is CC(CNC(=O)N(C)CCCC(=O)O)c1nccs1. The predicted octanol–water partition coefficient (Wildman–Crippen LogP) is 1.75. The number of thiazole rings is 1. The fraction of sp³-hybridized carbons (Fsp3) is 0.583. The van der Waals surface area contributed by atoms with Gasteiger partial charge in [-0.1, -0.05) is 6.92 Å². The van der Waals surface area contributed by atoms with Crippen molar-refractivity contribution < 1.29 is 14.7 Å². The predicted molar refractivity (Wildman–Crippen MR) is 73.4 cm³/mol. The van der Waals surface area contributed by atoms with E-state index < -0.39 is 5.97 Å². The number of hydrogen-bond acceptors (Lipinski definition) is 4. The average Bonchev–Trinajstić information content (AvgIpc) is 2.88. The Morgan fingerprint density at radius 3 is 2.89 bits per heavy atom. The minimum atomic E-state index is -0.841. The van der Waals surface area contributed by atoms with Crippen molar-refractivity contribution in [2.24, 2.45) is 0 Å². The summed E-state index contributed by atoms with van der Waals surface area (Å²) in [7, 11) is 1.66. The van der Waals surface area contributed by atoms with Crippen LogP contribution in [-0.4, -0.2) is 47.1 Å². The second-order valence-corrected chi connectivity index (χ2v) is 5.30. The summed E-state index contributed by atoms with van der Waals surface area (Å²) >= 11 is 1.57. The Morgan fingerprint density at radius 2 is 2.32 bits per heavy atom. The molecule has 19 heavy (non-hydrogen) atoms. The van der Waals surface area contributed by atoms with Crippen LogP contribution in [0.5, 0.6) is 0 Å². The molecule has 0 radical (unpaired) electrons. The highest BCUT2D eigenvalue weighted by atomic mass is 32.1. The van der Waals surface area contributed by atoms with Crippen LogP contribution >= 0.6 is 11.3 Å². The fourth-order valence-corrected chi connectivity index (χ4v) is 2.21. The Kier molecular flexibility index (Phi) is 6.27. The number of rotatable bonds is 7. The molecule has 0 aliphatic rings. The first-order valence-electron chi connectivity index (χ1n) is 6.11. The van der Waals surface area contributed by atoms with E-state index in [9.17, 15) is 9.59 Å². The number of carbonyl (C=O) groups is 2. The molecule has 1 aromatic heterocycles. The molecule has 7 heteroatoms. The first kappa shape index (κ1) is 15.4. The van der Waals surface area contributed by atoms with Gasteiger partial charge in [0, 0.05) is 44.1 Å². The van der Waals surface area contributed by atoms with Crippen LogP contribution in [0.25, 0.3) is 0 Å². The number of amides is 2. The molecule has 0 aliphatic heterocycles. The van der Waals surface area contributed by atoms with Crippen molar-refractivity contribution in [1.82, 2.24) is 15.2 Å². The largest absolute Gasteiger partial charge is 0.481 e. The highest BCUT2D eigenvalue weighted by Crippen LogP contribution is 2.16. The molecule has 106 valence electrons. The minimum absolute atomic E-state index is 0.0765. The lowest BCUT2D eigenvalue weighted by Gasteiger charge is -2.18. The standard InChI is InChI=1S/C12H19N3O3S/c1-9(11-13-5-7-19-11)8-14-12(18)15(2)6-3-4-10(16)17/h5,7,9H,3-4,6,8H2,1-2H3,(H,14,18)(H,16,17). The van der Waals surface area contributed by atoms with Gasteiger partial charge in [0.1, 0.15) is 0 Å². The third-order valence-corrected chi connectivity index (χ3v) is 3.67. The molecular weight excluding hydrogens is 266 g/mol. The number of hydrogen-bond donors (Lipinski definition) is 2. The number of urea groups is 1. The summed E-state index contributed by atoms with van der Waals surface area (Å²) < 4.78 is 0. The second kappa shape index (κ2) is 7.73. The monoisotopic (exact) mass is 285 g/mol. The molecule has 1 rings (SSSR count). The maximum absolute atomic E-state index is 11.7. The smallest absolute Gasteiger partial charge is 0.317 e. The third kappa shape index (κ3) is 5.69. The van der Waals surface area contributed by atoms with E-state index in [-0.39, 0.29) is 18.4 Å². The molecule has 0 saturated heterocycles. The molecule has 0 saturated carbocycles. The molecule has 1 aromatic rings. The fourth-order valence-electron chi connectivity index (χ4n) is 1.51. The number of nitrogens with one attached hydrogen (secondary N) is 1. The van der Waals surface area contributed by atoms with E-state index in [2.05, 4.69) is 10.3 Å². The number of aromatic nitrogens is 1. The molecular formula is C12H19N3O3S. The number of nitrogens with zero attached hydrogens (tertiary/aromatic N) is 2. The van der Waals surface area contributed by atoms with Crippen molar-refractivity contribution in [1.29, 1.82) is 0 Å². The van der Waals surface area contributed by atoms with Crippen LogP contribution in [0.4, 0.5) is 4.79 Å². The van der Waals surface area contributed by atoms with Gasteiger partial charge in [0.05, 0.1) is 5.01 Å². The summed E-state index contributed by atoms with van der Waals surface area (Å²) in [6.07, 6.45) is 2.28. The number of carboxylic acid groups (broad SMARTS) is 1. The molecule has 1 heterocycles. The zero-order valence-corrected chi connectivity index (χ0v) is 11.9. The van der Waals surface area contributed by atoms with Gasteiger partial charge in [-0.25, -0.2) is 9.78 Å². The molecule has 0 aliphatic carbocycles. The molecule has 0 bridgehead atoms. The first-order valence-corrected chi connectivity index (χ1v) is 6.98. The van der Waals surface area contributed by atoms with Crippen LogP contribution in [0.15, 0.2) is 11.6 Å². The lowest BCUT2D eigenvalue weighted by molar-refractivity contribution is -0.137. The molecule has 1 atom stereocenters. The van der Waals surface area contributed by atoms with Gasteiger partial charge in [-0.3, -0.25) is 4.79 Å². The van der Waals surface area contributed by atoms with E-state index in [0.717, 1.165) is 5.01 Å². The summed E-state index contributed by atoms with van der Waals surface area (Å²) in [4.78, 5) is 27.8. The van der Waals surface area contributed by atoms with Gasteiger partial charge in [0.2, 0.25) is 0 Å². The molecule has 6 nitrogen and oxygen atoms in total. The first-order chi connectivity index (χ1) is 9.00. The number of carbonyl (C=O) groups excluding carboxylic acids is 1. The van der Waals surface area contributed by atoms with E-state index in [1.165, 1.54) is 4.90 Å². The van der Waals surface area contributed by atoms with Crippen molar-refractivity contribution in [3.63, 3.8) is 0 Å².